The number of epoxide rings is 2. The van der Waals surface area contributed by atoms with Crippen molar-refractivity contribution in [3.63, 3.8) is 0 Å². The number of hydrogen-bond acceptors (Lipinski definition) is 7. The molecule has 2 saturated heterocycles. The van der Waals surface area contributed by atoms with Crippen LogP contribution in [0.2, 0.25) is 0 Å². The van der Waals surface area contributed by atoms with E-state index in [9.17, 15) is 9.59 Å². The first-order valence-electron chi connectivity index (χ1n) is 11.6. The lowest BCUT2D eigenvalue weighted by atomic mass is 9.68. The van der Waals surface area contributed by atoms with Gasteiger partial charge in [-0.05, 0) is 53.5 Å². The smallest absolute Gasteiger partial charge is 0.407 e. The molecule has 3 unspecified atom stereocenters. The third-order valence-corrected chi connectivity index (χ3v) is 6.78. The van der Waals surface area contributed by atoms with Gasteiger partial charge in [0.15, 0.2) is 0 Å². The summed E-state index contributed by atoms with van der Waals surface area (Å²) in [6, 6.07) is 0. The molecule has 0 aromatic carbocycles. The summed E-state index contributed by atoms with van der Waals surface area (Å²) in [7, 11) is 3.38. The fourth-order valence-electron chi connectivity index (χ4n) is 4.98. The van der Waals surface area contributed by atoms with Gasteiger partial charge in [-0.2, -0.15) is 0 Å². The Labute approximate surface area is 190 Å². The van der Waals surface area contributed by atoms with E-state index in [0.29, 0.717) is 32.5 Å². The van der Waals surface area contributed by atoms with E-state index < -0.39 is 6.09 Å². The van der Waals surface area contributed by atoms with Crippen molar-refractivity contribution >= 4 is 12.0 Å². The van der Waals surface area contributed by atoms with Crippen molar-refractivity contribution in [3.8, 4) is 0 Å². The maximum absolute atomic E-state index is 12.4. The third kappa shape index (κ3) is 5.81. The Morgan fingerprint density at radius 2 is 1.94 bits per heavy atom. The predicted octanol–water partition coefficient (Wildman–Crippen LogP) is 1.51. The second-order valence-electron chi connectivity index (χ2n) is 9.48. The van der Waals surface area contributed by atoms with Crippen LogP contribution in [0.25, 0.3) is 0 Å². The van der Waals surface area contributed by atoms with Crippen LogP contribution in [-0.2, 0) is 23.7 Å². The molecule has 2 amide bonds. The molecule has 3 N–H and O–H groups in total. The zero-order valence-corrected chi connectivity index (χ0v) is 20.0. The number of ether oxygens (including phenoxy) is 4. The fourth-order valence-corrected chi connectivity index (χ4v) is 4.98. The van der Waals surface area contributed by atoms with E-state index in [2.05, 4.69) is 42.8 Å². The number of methoxy groups -OCH3 is 1. The molecule has 0 radical (unpaired) electrons. The Morgan fingerprint density at radius 3 is 2.56 bits per heavy atom. The Kier molecular flexibility index (Phi) is 8.19. The van der Waals surface area contributed by atoms with E-state index in [4.69, 9.17) is 18.9 Å². The van der Waals surface area contributed by atoms with Crippen molar-refractivity contribution in [3.05, 3.63) is 11.6 Å². The number of likely N-dealkylation sites (N-methyl/N-ethyl adjacent to an activating group) is 1. The fraction of sp³-hybridized carbons (Fsp3) is 0.826. The third-order valence-electron chi connectivity index (χ3n) is 6.78. The first-order valence-corrected chi connectivity index (χ1v) is 11.6. The number of amides is 2. The summed E-state index contributed by atoms with van der Waals surface area (Å²) in [6.07, 6.45) is 4.20. The van der Waals surface area contributed by atoms with Gasteiger partial charge in [0.25, 0.3) is 0 Å². The Balaban J connectivity index is 1.51. The highest BCUT2D eigenvalue weighted by Crippen LogP contribution is 2.59. The first-order chi connectivity index (χ1) is 15.3. The summed E-state index contributed by atoms with van der Waals surface area (Å²) in [5, 5.41) is 8.34. The lowest BCUT2D eigenvalue weighted by Crippen LogP contribution is -2.56. The average molecular weight is 454 g/mol. The van der Waals surface area contributed by atoms with E-state index in [-0.39, 0.29) is 47.9 Å². The molecule has 0 aromatic heterocycles. The normalized spacial score (nSPS) is 35.2. The van der Waals surface area contributed by atoms with E-state index in [1.807, 2.05) is 0 Å². The van der Waals surface area contributed by atoms with E-state index >= 15 is 0 Å². The van der Waals surface area contributed by atoms with Gasteiger partial charge in [0.1, 0.15) is 23.4 Å². The zero-order valence-electron chi connectivity index (χ0n) is 20.0. The number of nitrogens with one attached hydrogen (secondary N) is 3. The lowest BCUT2D eigenvalue weighted by molar-refractivity contribution is -0.120. The van der Waals surface area contributed by atoms with Crippen LogP contribution in [0.15, 0.2) is 11.6 Å². The van der Waals surface area contributed by atoms with Crippen molar-refractivity contribution in [1.82, 2.24) is 16.0 Å². The Hall–Kier alpha value is -1.68. The summed E-state index contributed by atoms with van der Waals surface area (Å²) in [5.74, 6) is -0.0642. The van der Waals surface area contributed by atoms with Crippen LogP contribution in [0.5, 0.6) is 0 Å². The standard InChI is InChI=1S/C23H39N3O6/c1-15(2)7-8-17-22(3,32-17)20-19(29-5)16(9-10-23(20)14-30-23)31-21(28)26-12-6-11-25-18(27)13-24-4/h7,16-17,19-20,24H,6,8-14H2,1-5H3,(H,25,27)(H,26,28)/t16?,17-,19?,20?,22+,23+/m1/s1. The van der Waals surface area contributed by atoms with Gasteiger partial charge >= 0.3 is 6.09 Å². The van der Waals surface area contributed by atoms with Crippen LogP contribution < -0.4 is 16.0 Å². The van der Waals surface area contributed by atoms with Crippen LogP contribution in [0, 0.1) is 5.92 Å². The van der Waals surface area contributed by atoms with Crippen molar-refractivity contribution in [2.75, 3.05) is 40.4 Å². The van der Waals surface area contributed by atoms with Crippen LogP contribution >= 0.6 is 0 Å². The minimum absolute atomic E-state index is 0.00417. The van der Waals surface area contributed by atoms with Crippen LogP contribution in [0.1, 0.15) is 46.5 Å². The van der Waals surface area contributed by atoms with Gasteiger partial charge in [-0.25, -0.2) is 4.79 Å². The topological polar surface area (TPSA) is 114 Å². The second-order valence-corrected chi connectivity index (χ2v) is 9.48. The Morgan fingerprint density at radius 1 is 1.22 bits per heavy atom. The van der Waals surface area contributed by atoms with Crippen LogP contribution in [0.4, 0.5) is 4.79 Å². The van der Waals surface area contributed by atoms with Gasteiger partial charge < -0.3 is 34.9 Å². The lowest BCUT2D eigenvalue weighted by Gasteiger charge is -2.42. The van der Waals surface area contributed by atoms with Crippen molar-refractivity contribution in [1.29, 1.82) is 0 Å². The number of carbonyl (C=O) groups excluding carboxylic acids is 2. The molecule has 6 atom stereocenters. The van der Waals surface area contributed by atoms with Crippen LogP contribution in [0.3, 0.4) is 0 Å². The molecule has 1 aliphatic carbocycles. The molecular formula is C23H39N3O6. The average Bonchev–Trinajstić information content (AvgIpc) is 3.65. The molecule has 0 bridgehead atoms. The summed E-state index contributed by atoms with van der Waals surface area (Å²) in [5.41, 5.74) is 0.677. The minimum atomic E-state index is -0.465. The molecule has 1 spiro atoms. The number of alkyl carbamates (subject to hydrolysis) is 1. The molecule has 1 saturated carbocycles. The van der Waals surface area contributed by atoms with Crippen molar-refractivity contribution < 1.29 is 28.5 Å². The minimum Gasteiger partial charge on any atom is -0.443 e. The summed E-state index contributed by atoms with van der Waals surface area (Å²) in [6.45, 7) is 8.19. The summed E-state index contributed by atoms with van der Waals surface area (Å²) >= 11 is 0. The summed E-state index contributed by atoms with van der Waals surface area (Å²) in [4.78, 5) is 23.8. The van der Waals surface area contributed by atoms with E-state index in [1.165, 1.54) is 5.57 Å². The highest BCUT2D eigenvalue weighted by atomic mass is 16.6. The Bertz CT molecular complexity index is 706. The largest absolute Gasteiger partial charge is 0.443 e. The molecule has 9 nitrogen and oxygen atoms in total. The maximum atomic E-state index is 12.4. The number of carbonyl (C=O) groups is 2. The second kappa shape index (κ2) is 10.5. The highest BCUT2D eigenvalue weighted by Gasteiger charge is 2.72. The quantitative estimate of drug-likeness (QED) is 0.247. The molecule has 2 heterocycles. The van der Waals surface area contributed by atoms with Crippen molar-refractivity contribution in [2.45, 2.75) is 76.0 Å². The van der Waals surface area contributed by atoms with Crippen molar-refractivity contribution in [2.24, 2.45) is 5.92 Å². The van der Waals surface area contributed by atoms with Crippen LogP contribution in [-0.4, -0.2) is 81.9 Å². The molecular weight excluding hydrogens is 414 g/mol. The first kappa shape index (κ1) is 25.0. The van der Waals surface area contributed by atoms with Gasteiger partial charge in [-0.3, -0.25) is 4.79 Å². The van der Waals surface area contributed by atoms with E-state index in [1.54, 1.807) is 14.2 Å². The van der Waals surface area contributed by atoms with Gasteiger partial charge in [0, 0.05) is 20.2 Å². The maximum Gasteiger partial charge on any atom is 0.407 e. The predicted molar refractivity (Wildman–Crippen MR) is 119 cm³/mol. The SMILES string of the molecule is CNCC(=O)NCCCNC(=O)OC1CC[C@]2(CO2)C([C@@]2(C)O[C@@H]2CC=C(C)C)C1OC. The van der Waals surface area contributed by atoms with Gasteiger partial charge in [-0.15, -0.1) is 0 Å². The van der Waals surface area contributed by atoms with Gasteiger partial charge in [0.2, 0.25) is 5.91 Å². The number of rotatable bonds is 11. The van der Waals surface area contributed by atoms with Gasteiger partial charge in [0.05, 0.1) is 25.2 Å². The molecule has 3 fully saturated rings. The van der Waals surface area contributed by atoms with Gasteiger partial charge in [-0.1, -0.05) is 11.6 Å². The molecule has 3 aliphatic rings. The summed E-state index contributed by atoms with van der Waals surface area (Å²) < 4.78 is 23.8. The molecule has 2 aliphatic heterocycles. The molecule has 32 heavy (non-hydrogen) atoms. The molecule has 0 aromatic rings. The molecule has 9 heteroatoms. The highest BCUT2D eigenvalue weighted by molar-refractivity contribution is 5.77. The van der Waals surface area contributed by atoms with E-state index in [0.717, 1.165) is 12.8 Å². The molecule has 3 rings (SSSR count). The number of hydrogen-bond donors (Lipinski definition) is 3. The zero-order chi connectivity index (χ0) is 23.4. The monoisotopic (exact) mass is 453 g/mol. The molecule has 182 valence electrons. The number of allylic oxidation sites excluding steroid dienone is 1.